The SMILES string of the molecule is CCNC1CCOCC1N1CCCC2CCCC21. The molecule has 3 aliphatic rings. The van der Waals surface area contributed by atoms with Gasteiger partial charge in [0.15, 0.2) is 0 Å². The number of ether oxygens (including phenoxy) is 1. The number of nitrogens with zero attached hydrogens (tertiary/aromatic N) is 1. The molecule has 3 nitrogen and oxygen atoms in total. The molecular weight excluding hydrogens is 224 g/mol. The second kappa shape index (κ2) is 5.89. The van der Waals surface area contributed by atoms with Crippen LogP contribution in [0.4, 0.5) is 0 Å². The molecule has 3 rings (SSSR count). The van der Waals surface area contributed by atoms with Crippen molar-refractivity contribution in [1.29, 1.82) is 0 Å². The van der Waals surface area contributed by atoms with E-state index < -0.39 is 0 Å². The summed E-state index contributed by atoms with van der Waals surface area (Å²) in [5.41, 5.74) is 0. The van der Waals surface area contributed by atoms with Crippen LogP contribution in [0, 0.1) is 5.92 Å². The van der Waals surface area contributed by atoms with Crippen LogP contribution >= 0.6 is 0 Å². The number of hydrogen-bond donors (Lipinski definition) is 1. The van der Waals surface area contributed by atoms with Gasteiger partial charge in [0.05, 0.1) is 6.61 Å². The molecule has 0 aromatic rings. The summed E-state index contributed by atoms with van der Waals surface area (Å²) in [6, 6.07) is 2.15. The summed E-state index contributed by atoms with van der Waals surface area (Å²) >= 11 is 0. The highest BCUT2D eigenvalue weighted by Gasteiger charge is 2.41. The van der Waals surface area contributed by atoms with Gasteiger partial charge in [-0.3, -0.25) is 4.90 Å². The van der Waals surface area contributed by atoms with Gasteiger partial charge in [-0.1, -0.05) is 13.3 Å². The van der Waals surface area contributed by atoms with Crippen LogP contribution in [-0.2, 0) is 4.74 Å². The van der Waals surface area contributed by atoms with Gasteiger partial charge in [-0.05, 0) is 51.1 Å². The molecule has 2 saturated heterocycles. The van der Waals surface area contributed by atoms with E-state index in [1.54, 1.807) is 0 Å². The molecule has 2 aliphatic heterocycles. The smallest absolute Gasteiger partial charge is 0.0637 e. The Morgan fingerprint density at radius 3 is 2.89 bits per heavy atom. The molecule has 0 spiro atoms. The number of likely N-dealkylation sites (N-methyl/N-ethyl adjacent to an activating group) is 1. The van der Waals surface area contributed by atoms with E-state index in [-0.39, 0.29) is 0 Å². The molecule has 18 heavy (non-hydrogen) atoms. The molecule has 0 aromatic carbocycles. The first kappa shape index (κ1) is 12.9. The van der Waals surface area contributed by atoms with Crippen molar-refractivity contribution in [3.63, 3.8) is 0 Å². The predicted octanol–water partition coefficient (Wildman–Crippen LogP) is 2.02. The molecule has 1 N–H and O–H groups in total. The van der Waals surface area contributed by atoms with Crippen molar-refractivity contribution < 1.29 is 4.74 Å². The van der Waals surface area contributed by atoms with Gasteiger partial charge in [0.1, 0.15) is 0 Å². The van der Waals surface area contributed by atoms with Gasteiger partial charge in [0.25, 0.3) is 0 Å². The fourth-order valence-corrected chi connectivity index (χ4v) is 4.45. The summed E-state index contributed by atoms with van der Waals surface area (Å²) in [5, 5.41) is 3.69. The number of piperidine rings is 1. The fraction of sp³-hybridized carbons (Fsp3) is 1.00. The molecule has 3 fully saturated rings. The minimum atomic E-state index is 0.629. The van der Waals surface area contributed by atoms with E-state index in [0.717, 1.165) is 31.7 Å². The zero-order valence-electron chi connectivity index (χ0n) is 11.7. The molecule has 1 aliphatic carbocycles. The van der Waals surface area contributed by atoms with Gasteiger partial charge < -0.3 is 10.1 Å². The third kappa shape index (κ3) is 2.45. The standard InChI is InChI=1S/C15H28N2O/c1-2-16-13-8-10-18-11-15(13)17-9-4-6-12-5-3-7-14(12)17/h12-16H,2-11H2,1H3. The second-order valence-corrected chi connectivity index (χ2v) is 6.23. The van der Waals surface area contributed by atoms with Crippen molar-refractivity contribution in [3.05, 3.63) is 0 Å². The van der Waals surface area contributed by atoms with Gasteiger partial charge in [-0.2, -0.15) is 0 Å². The van der Waals surface area contributed by atoms with Crippen molar-refractivity contribution in [1.82, 2.24) is 10.2 Å². The average Bonchev–Trinajstić information content (AvgIpc) is 2.88. The van der Waals surface area contributed by atoms with Crippen LogP contribution in [0.25, 0.3) is 0 Å². The third-order valence-electron chi connectivity index (χ3n) is 5.25. The van der Waals surface area contributed by atoms with E-state index >= 15 is 0 Å². The summed E-state index contributed by atoms with van der Waals surface area (Å²) < 4.78 is 5.78. The Bertz CT molecular complexity index is 269. The monoisotopic (exact) mass is 252 g/mol. The first-order valence-electron chi connectivity index (χ1n) is 7.97. The van der Waals surface area contributed by atoms with Crippen LogP contribution < -0.4 is 5.32 Å². The summed E-state index contributed by atoms with van der Waals surface area (Å²) in [4.78, 5) is 2.81. The van der Waals surface area contributed by atoms with Crippen LogP contribution in [0.15, 0.2) is 0 Å². The maximum absolute atomic E-state index is 5.78. The molecule has 3 heteroatoms. The lowest BCUT2D eigenvalue weighted by atomic mass is 9.88. The van der Waals surface area contributed by atoms with E-state index in [9.17, 15) is 0 Å². The van der Waals surface area contributed by atoms with Gasteiger partial charge >= 0.3 is 0 Å². The molecule has 0 radical (unpaired) electrons. The van der Waals surface area contributed by atoms with Crippen molar-refractivity contribution in [2.45, 2.75) is 63.6 Å². The van der Waals surface area contributed by atoms with Crippen LogP contribution in [0.1, 0.15) is 45.4 Å². The lowest BCUT2D eigenvalue weighted by molar-refractivity contribution is -0.0378. The number of nitrogens with one attached hydrogen (secondary N) is 1. The molecule has 0 aromatic heterocycles. The van der Waals surface area contributed by atoms with E-state index in [4.69, 9.17) is 4.74 Å². The van der Waals surface area contributed by atoms with Gasteiger partial charge in [-0.15, -0.1) is 0 Å². The first-order chi connectivity index (χ1) is 8.90. The minimum absolute atomic E-state index is 0.629. The average molecular weight is 252 g/mol. The Balaban J connectivity index is 1.70. The molecule has 4 atom stereocenters. The molecular formula is C15H28N2O. The van der Waals surface area contributed by atoms with Crippen molar-refractivity contribution >= 4 is 0 Å². The molecule has 104 valence electrons. The molecule has 2 heterocycles. The number of hydrogen-bond acceptors (Lipinski definition) is 3. The Kier molecular flexibility index (Phi) is 4.22. The predicted molar refractivity (Wildman–Crippen MR) is 73.8 cm³/mol. The van der Waals surface area contributed by atoms with E-state index in [1.807, 2.05) is 0 Å². The summed E-state index contributed by atoms with van der Waals surface area (Å²) in [5.74, 6) is 0.989. The zero-order chi connectivity index (χ0) is 12.4. The quantitative estimate of drug-likeness (QED) is 0.831. The third-order valence-corrected chi connectivity index (χ3v) is 5.25. The molecule has 0 bridgehead atoms. The van der Waals surface area contributed by atoms with Crippen molar-refractivity contribution in [2.75, 3.05) is 26.3 Å². The highest BCUT2D eigenvalue weighted by molar-refractivity contribution is 4.96. The molecule has 4 unspecified atom stereocenters. The fourth-order valence-electron chi connectivity index (χ4n) is 4.45. The number of rotatable bonds is 3. The zero-order valence-corrected chi connectivity index (χ0v) is 11.7. The Hall–Kier alpha value is -0.120. The maximum Gasteiger partial charge on any atom is 0.0637 e. The van der Waals surface area contributed by atoms with Gasteiger partial charge in [0.2, 0.25) is 0 Å². The molecule has 1 saturated carbocycles. The van der Waals surface area contributed by atoms with Crippen LogP contribution in [0.5, 0.6) is 0 Å². The first-order valence-corrected chi connectivity index (χ1v) is 7.97. The normalized spacial score (nSPS) is 41.8. The summed E-state index contributed by atoms with van der Waals surface area (Å²) in [6.45, 7) is 6.50. The number of fused-ring (bicyclic) bond motifs is 1. The van der Waals surface area contributed by atoms with Gasteiger partial charge in [-0.25, -0.2) is 0 Å². The van der Waals surface area contributed by atoms with Crippen LogP contribution in [-0.4, -0.2) is 49.3 Å². The lowest BCUT2D eigenvalue weighted by Crippen LogP contribution is -2.60. The highest BCUT2D eigenvalue weighted by Crippen LogP contribution is 2.38. The maximum atomic E-state index is 5.78. The van der Waals surface area contributed by atoms with E-state index in [1.165, 1.54) is 45.1 Å². The topological polar surface area (TPSA) is 24.5 Å². The van der Waals surface area contributed by atoms with E-state index in [0.29, 0.717) is 12.1 Å². The van der Waals surface area contributed by atoms with Crippen LogP contribution in [0.2, 0.25) is 0 Å². The van der Waals surface area contributed by atoms with E-state index in [2.05, 4.69) is 17.1 Å². The Morgan fingerprint density at radius 2 is 2.00 bits per heavy atom. The Morgan fingerprint density at radius 1 is 1.11 bits per heavy atom. The lowest BCUT2D eigenvalue weighted by Gasteiger charge is -2.47. The summed E-state index contributed by atoms with van der Waals surface area (Å²) in [7, 11) is 0. The van der Waals surface area contributed by atoms with Crippen LogP contribution in [0.3, 0.4) is 0 Å². The number of likely N-dealkylation sites (tertiary alicyclic amines) is 1. The molecule has 0 amide bonds. The van der Waals surface area contributed by atoms with Crippen molar-refractivity contribution in [2.24, 2.45) is 5.92 Å². The second-order valence-electron chi connectivity index (χ2n) is 6.23. The minimum Gasteiger partial charge on any atom is -0.380 e. The van der Waals surface area contributed by atoms with Crippen molar-refractivity contribution in [3.8, 4) is 0 Å². The Labute approximate surface area is 111 Å². The summed E-state index contributed by atoms with van der Waals surface area (Å²) in [6.07, 6.45) is 8.41. The largest absolute Gasteiger partial charge is 0.380 e. The van der Waals surface area contributed by atoms with Gasteiger partial charge in [0, 0.05) is 24.7 Å². The highest BCUT2D eigenvalue weighted by atomic mass is 16.5.